The van der Waals surface area contributed by atoms with Gasteiger partial charge < -0.3 is 14.4 Å². The van der Waals surface area contributed by atoms with E-state index in [9.17, 15) is 4.79 Å². The fourth-order valence-corrected chi connectivity index (χ4v) is 4.74. The van der Waals surface area contributed by atoms with Gasteiger partial charge in [0.25, 0.3) is 5.91 Å². The minimum Gasteiger partial charge on any atom is -0.491 e. The normalized spacial score (nSPS) is 21.6. The standard InChI is InChI=1S/C26H29N3O3/c1-18-14-28(15-19(2)32-18)16-20-7-10-25-22(13-20)17-29(11-12-31-25)26(30)24-9-8-21-5-3-4-6-23(21)27-24/h3-10,13,18-19H,11-12,14-17H2,1-2H3/t18-,19+. The molecule has 1 saturated heterocycles. The molecule has 2 aliphatic rings. The molecule has 0 spiro atoms. The number of rotatable bonds is 3. The summed E-state index contributed by atoms with van der Waals surface area (Å²) in [6.45, 7) is 8.50. The van der Waals surface area contributed by atoms with Gasteiger partial charge in [-0.1, -0.05) is 30.3 Å². The maximum Gasteiger partial charge on any atom is 0.272 e. The molecule has 2 atom stereocenters. The first kappa shape index (κ1) is 20.9. The van der Waals surface area contributed by atoms with Crippen LogP contribution in [-0.4, -0.2) is 59.1 Å². The van der Waals surface area contributed by atoms with Crippen molar-refractivity contribution in [3.8, 4) is 5.75 Å². The number of pyridine rings is 1. The Balaban J connectivity index is 1.34. The Morgan fingerprint density at radius 1 is 1.06 bits per heavy atom. The monoisotopic (exact) mass is 431 g/mol. The number of ether oxygens (including phenoxy) is 2. The fourth-order valence-electron chi connectivity index (χ4n) is 4.74. The highest BCUT2D eigenvalue weighted by atomic mass is 16.5. The van der Waals surface area contributed by atoms with E-state index in [4.69, 9.17) is 9.47 Å². The fraction of sp³-hybridized carbons (Fsp3) is 0.385. The maximum absolute atomic E-state index is 13.3. The van der Waals surface area contributed by atoms with Crippen LogP contribution in [-0.2, 0) is 17.8 Å². The van der Waals surface area contributed by atoms with E-state index in [0.29, 0.717) is 25.4 Å². The van der Waals surface area contributed by atoms with E-state index in [2.05, 4.69) is 35.9 Å². The van der Waals surface area contributed by atoms with E-state index < -0.39 is 0 Å². The number of hydrogen-bond acceptors (Lipinski definition) is 5. The first-order valence-corrected chi connectivity index (χ1v) is 11.3. The molecular formula is C26H29N3O3. The third kappa shape index (κ3) is 4.47. The molecule has 1 fully saturated rings. The predicted molar refractivity (Wildman–Crippen MR) is 124 cm³/mol. The van der Waals surface area contributed by atoms with Gasteiger partial charge in [-0.3, -0.25) is 9.69 Å². The number of aromatic nitrogens is 1. The van der Waals surface area contributed by atoms with E-state index in [0.717, 1.165) is 41.9 Å². The summed E-state index contributed by atoms with van der Waals surface area (Å²) < 4.78 is 11.8. The topological polar surface area (TPSA) is 54.9 Å². The molecule has 0 saturated carbocycles. The summed E-state index contributed by atoms with van der Waals surface area (Å²) in [6, 6.07) is 18.0. The SMILES string of the molecule is C[C@@H]1CN(Cc2ccc3c(c2)CN(C(=O)c2ccc4ccccc4n2)CCO3)C[C@H](C)O1. The number of hydrogen-bond donors (Lipinski definition) is 0. The molecule has 32 heavy (non-hydrogen) atoms. The number of carbonyl (C=O) groups excluding carboxylic acids is 1. The second-order valence-electron chi connectivity index (χ2n) is 8.86. The Labute approximate surface area is 188 Å². The summed E-state index contributed by atoms with van der Waals surface area (Å²) >= 11 is 0. The summed E-state index contributed by atoms with van der Waals surface area (Å²) in [5, 5.41) is 1.03. The molecule has 0 N–H and O–H groups in total. The van der Waals surface area contributed by atoms with E-state index in [1.165, 1.54) is 5.56 Å². The number of nitrogens with zero attached hydrogens (tertiary/aromatic N) is 3. The van der Waals surface area contributed by atoms with Crippen molar-refractivity contribution in [2.45, 2.75) is 39.1 Å². The van der Waals surface area contributed by atoms with Crippen molar-refractivity contribution in [2.24, 2.45) is 0 Å². The highest BCUT2D eigenvalue weighted by molar-refractivity contribution is 5.95. The first-order valence-electron chi connectivity index (χ1n) is 11.3. The van der Waals surface area contributed by atoms with E-state index in [1.807, 2.05) is 47.4 Å². The van der Waals surface area contributed by atoms with Gasteiger partial charge in [0.1, 0.15) is 18.1 Å². The Morgan fingerprint density at radius 2 is 1.88 bits per heavy atom. The smallest absolute Gasteiger partial charge is 0.272 e. The van der Waals surface area contributed by atoms with Crippen LogP contribution >= 0.6 is 0 Å². The van der Waals surface area contributed by atoms with Crippen LogP contribution in [0.3, 0.4) is 0 Å². The van der Waals surface area contributed by atoms with E-state index in [1.54, 1.807) is 0 Å². The number of benzene rings is 2. The average Bonchev–Trinajstić information content (AvgIpc) is 2.99. The van der Waals surface area contributed by atoms with Crippen molar-refractivity contribution in [3.63, 3.8) is 0 Å². The predicted octanol–water partition coefficient (Wildman–Crippen LogP) is 3.88. The Morgan fingerprint density at radius 3 is 2.72 bits per heavy atom. The molecule has 0 bridgehead atoms. The second kappa shape index (κ2) is 8.88. The Kier molecular flexibility index (Phi) is 5.81. The number of fused-ring (bicyclic) bond motifs is 2. The highest BCUT2D eigenvalue weighted by Gasteiger charge is 2.24. The third-order valence-electron chi connectivity index (χ3n) is 6.11. The van der Waals surface area contributed by atoms with Gasteiger partial charge in [0.15, 0.2) is 0 Å². The van der Waals surface area contributed by atoms with Gasteiger partial charge in [-0.05, 0) is 43.7 Å². The molecular weight excluding hydrogens is 402 g/mol. The Bertz CT molecular complexity index is 1120. The van der Waals surface area contributed by atoms with Gasteiger partial charge in [0.2, 0.25) is 0 Å². The van der Waals surface area contributed by atoms with Crippen LogP contribution in [0.15, 0.2) is 54.6 Å². The Hall–Kier alpha value is -2.96. The molecule has 0 unspecified atom stereocenters. The lowest BCUT2D eigenvalue weighted by atomic mass is 10.1. The molecule has 2 aromatic carbocycles. The average molecular weight is 432 g/mol. The summed E-state index contributed by atoms with van der Waals surface area (Å²) in [5.41, 5.74) is 3.58. The van der Waals surface area contributed by atoms with Gasteiger partial charge in [0, 0.05) is 37.1 Å². The molecule has 0 radical (unpaired) electrons. The minimum absolute atomic E-state index is 0.0616. The maximum atomic E-state index is 13.3. The molecule has 1 amide bonds. The van der Waals surface area contributed by atoms with Crippen LogP contribution in [0.25, 0.3) is 10.9 Å². The number of morpholine rings is 1. The molecule has 6 heteroatoms. The van der Waals surface area contributed by atoms with Crippen molar-refractivity contribution in [3.05, 3.63) is 71.4 Å². The van der Waals surface area contributed by atoms with Crippen molar-refractivity contribution in [2.75, 3.05) is 26.2 Å². The second-order valence-corrected chi connectivity index (χ2v) is 8.86. The summed E-state index contributed by atoms with van der Waals surface area (Å²) in [5.74, 6) is 0.799. The summed E-state index contributed by atoms with van der Waals surface area (Å²) in [4.78, 5) is 22.1. The number of carbonyl (C=O) groups is 1. The molecule has 166 valence electrons. The van der Waals surface area contributed by atoms with Crippen molar-refractivity contribution >= 4 is 16.8 Å². The molecule has 5 rings (SSSR count). The molecule has 2 aliphatic heterocycles. The zero-order valence-electron chi connectivity index (χ0n) is 18.7. The zero-order chi connectivity index (χ0) is 22.1. The lowest BCUT2D eigenvalue weighted by Crippen LogP contribution is -2.44. The zero-order valence-corrected chi connectivity index (χ0v) is 18.7. The van der Waals surface area contributed by atoms with Gasteiger partial charge >= 0.3 is 0 Å². The van der Waals surface area contributed by atoms with Crippen LogP contribution in [0.4, 0.5) is 0 Å². The van der Waals surface area contributed by atoms with Gasteiger partial charge in [0.05, 0.1) is 24.3 Å². The lowest BCUT2D eigenvalue weighted by Gasteiger charge is -2.35. The van der Waals surface area contributed by atoms with Crippen molar-refractivity contribution < 1.29 is 14.3 Å². The lowest BCUT2D eigenvalue weighted by molar-refractivity contribution is -0.0705. The quantitative estimate of drug-likeness (QED) is 0.630. The largest absolute Gasteiger partial charge is 0.491 e. The van der Waals surface area contributed by atoms with Crippen LogP contribution in [0.1, 0.15) is 35.5 Å². The van der Waals surface area contributed by atoms with E-state index >= 15 is 0 Å². The molecule has 6 nitrogen and oxygen atoms in total. The van der Waals surface area contributed by atoms with Crippen molar-refractivity contribution in [1.29, 1.82) is 0 Å². The summed E-state index contributed by atoms with van der Waals surface area (Å²) in [6.07, 6.45) is 0.482. The molecule has 3 aromatic rings. The number of amides is 1. The van der Waals surface area contributed by atoms with Crippen LogP contribution in [0.5, 0.6) is 5.75 Å². The van der Waals surface area contributed by atoms with Crippen molar-refractivity contribution in [1.82, 2.24) is 14.8 Å². The van der Waals surface area contributed by atoms with Crippen LogP contribution in [0.2, 0.25) is 0 Å². The third-order valence-corrected chi connectivity index (χ3v) is 6.11. The molecule has 3 heterocycles. The van der Waals surface area contributed by atoms with Crippen LogP contribution in [0, 0.1) is 0 Å². The molecule has 1 aromatic heterocycles. The summed E-state index contributed by atoms with van der Waals surface area (Å²) in [7, 11) is 0. The van der Waals surface area contributed by atoms with E-state index in [-0.39, 0.29) is 18.1 Å². The number of para-hydroxylation sites is 1. The first-order chi connectivity index (χ1) is 15.5. The van der Waals surface area contributed by atoms with Gasteiger partial charge in [-0.15, -0.1) is 0 Å². The van der Waals surface area contributed by atoms with Crippen LogP contribution < -0.4 is 4.74 Å². The molecule has 0 aliphatic carbocycles. The highest BCUT2D eigenvalue weighted by Crippen LogP contribution is 2.26. The van der Waals surface area contributed by atoms with Gasteiger partial charge in [-0.25, -0.2) is 4.98 Å². The minimum atomic E-state index is -0.0616. The van der Waals surface area contributed by atoms with Gasteiger partial charge in [-0.2, -0.15) is 0 Å².